The highest BCUT2D eigenvalue weighted by Crippen LogP contribution is 2.20. The first-order valence-corrected chi connectivity index (χ1v) is 8.36. The molecule has 1 N–H and O–H groups in total. The lowest BCUT2D eigenvalue weighted by atomic mass is 10.2. The Balaban J connectivity index is 1.74. The third-order valence-electron chi connectivity index (χ3n) is 3.94. The van der Waals surface area contributed by atoms with Gasteiger partial charge in [-0.3, -0.25) is 4.79 Å². The number of anilines is 2. The number of carbonyl (C=O) groups is 1. The van der Waals surface area contributed by atoms with Crippen LogP contribution in [-0.4, -0.2) is 29.0 Å². The van der Waals surface area contributed by atoms with Gasteiger partial charge >= 0.3 is 0 Å². The Morgan fingerprint density at radius 3 is 2.62 bits per heavy atom. The van der Waals surface area contributed by atoms with E-state index in [1.54, 1.807) is 12.3 Å². The molecule has 1 aromatic carbocycles. The van der Waals surface area contributed by atoms with E-state index in [1.807, 2.05) is 0 Å². The maximum atomic E-state index is 13.2. The summed E-state index contributed by atoms with van der Waals surface area (Å²) in [5.74, 6) is -0.335. The van der Waals surface area contributed by atoms with E-state index in [9.17, 15) is 9.18 Å². The Morgan fingerprint density at radius 1 is 1.17 bits per heavy atom. The molecule has 2 heterocycles. The van der Waals surface area contributed by atoms with E-state index in [-0.39, 0.29) is 16.6 Å². The fourth-order valence-corrected chi connectivity index (χ4v) is 2.85. The number of nitrogens with one attached hydrogen (secondary N) is 1. The topological polar surface area (TPSA) is 58.1 Å². The molecule has 0 radical (unpaired) electrons. The van der Waals surface area contributed by atoms with Crippen LogP contribution in [0.25, 0.3) is 0 Å². The zero-order chi connectivity index (χ0) is 16.9. The van der Waals surface area contributed by atoms with E-state index in [2.05, 4.69) is 20.2 Å². The van der Waals surface area contributed by atoms with E-state index in [0.717, 1.165) is 25.9 Å². The molecule has 0 aliphatic carbocycles. The standard InChI is InChI=1S/C17H18ClFN4O/c18-13-11-12(5-6-14(13)19)21-16(24)15-7-8-20-17(22-15)23-9-3-1-2-4-10-23/h5-8,11H,1-4,9-10H2,(H,21,24). The summed E-state index contributed by atoms with van der Waals surface area (Å²) in [4.78, 5) is 23.1. The summed E-state index contributed by atoms with van der Waals surface area (Å²) in [7, 11) is 0. The zero-order valence-corrected chi connectivity index (χ0v) is 13.9. The molecule has 0 saturated carbocycles. The first-order chi connectivity index (χ1) is 11.6. The van der Waals surface area contributed by atoms with E-state index in [0.29, 0.717) is 11.6 Å². The zero-order valence-electron chi connectivity index (χ0n) is 13.1. The molecule has 1 saturated heterocycles. The van der Waals surface area contributed by atoms with Crippen LogP contribution in [0.15, 0.2) is 30.5 Å². The van der Waals surface area contributed by atoms with Crippen LogP contribution < -0.4 is 10.2 Å². The second-order valence-corrected chi connectivity index (χ2v) is 6.13. The van der Waals surface area contributed by atoms with Crippen LogP contribution in [0.5, 0.6) is 0 Å². The second-order valence-electron chi connectivity index (χ2n) is 5.73. The Labute approximate surface area is 144 Å². The van der Waals surface area contributed by atoms with Gasteiger partial charge in [0.05, 0.1) is 5.02 Å². The Kier molecular flexibility index (Phi) is 5.25. The molecule has 2 aromatic rings. The number of rotatable bonds is 3. The molecular weight excluding hydrogens is 331 g/mol. The van der Waals surface area contributed by atoms with Crippen molar-refractivity contribution in [2.24, 2.45) is 0 Å². The number of nitrogens with zero attached hydrogens (tertiary/aromatic N) is 3. The van der Waals surface area contributed by atoms with Crippen LogP contribution in [0.1, 0.15) is 36.2 Å². The van der Waals surface area contributed by atoms with Crippen molar-refractivity contribution < 1.29 is 9.18 Å². The van der Waals surface area contributed by atoms with Crippen molar-refractivity contribution in [2.45, 2.75) is 25.7 Å². The number of halogens is 2. The van der Waals surface area contributed by atoms with E-state index < -0.39 is 5.82 Å². The predicted molar refractivity (Wildman–Crippen MR) is 92.1 cm³/mol. The maximum absolute atomic E-state index is 13.2. The van der Waals surface area contributed by atoms with Gasteiger partial charge < -0.3 is 10.2 Å². The summed E-state index contributed by atoms with van der Waals surface area (Å²) < 4.78 is 13.2. The van der Waals surface area contributed by atoms with Gasteiger partial charge in [-0.05, 0) is 37.1 Å². The van der Waals surface area contributed by atoms with Gasteiger partial charge in [0, 0.05) is 25.0 Å². The molecule has 5 nitrogen and oxygen atoms in total. The molecule has 3 rings (SSSR count). The summed E-state index contributed by atoms with van der Waals surface area (Å²) in [6.07, 6.45) is 6.21. The average molecular weight is 349 g/mol. The monoisotopic (exact) mass is 348 g/mol. The van der Waals surface area contributed by atoms with Crippen molar-refractivity contribution >= 4 is 29.1 Å². The fraction of sp³-hybridized carbons (Fsp3) is 0.353. The van der Waals surface area contributed by atoms with Gasteiger partial charge in [0.15, 0.2) is 0 Å². The van der Waals surface area contributed by atoms with E-state index >= 15 is 0 Å². The number of amides is 1. The van der Waals surface area contributed by atoms with Crippen LogP contribution in [0.2, 0.25) is 5.02 Å². The first kappa shape index (κ1) is 16.6. The molecule has 126 valence electrons. The smallest absolute Gasteiger partial charge is 0.274 e. The summed E-state index contributed by atoms with van der Waals surface area (Å²) in [5.41, 5.74) is 0.686. The van der Waals surface area contributed by atoms with E-state index in [4.69, 9.17) is 11.6 Å². The van der Waals surface area contributed by atoms with Gasteiger partial charge in [-0.25, -0.2) is 14.4 Å². The van der Waals surface area contributed by atoms with Crippen molar-refractivity contribution in [1.29, 1.82) is 0 Å². The molecule has 1 fully saturated rings. The number of carbonyl (C=O) groups excluding carboxylic acids is 1. The number of hydrogen-bond acceptors (Lipinski definition) is 4. The van der Waals surface area contributed by atoms with Crippen LogP contribution in [0, 0.1) is 5.82 Å². The highest BCUT2D eigenvalue weighted by Gasteiger charge is 2.15. The molecule has 1 aromatic heterocycles. The third-order valence-corrected chi connectivity index (χ3v) is 4.23. The van der Waals surface area contributed by atoms with Crippen LogP contribution in [0.3, 0.4) is 0 Å². The summed E-state index contributed by atoms with van der Waals surface area (Å²) in [6, 6.07) is 5.59. The van der Waals surface area contributed by atoms with Gasteiger partial charge in [0.25, 0.3) is 5.91 Å². The second kappa shape index (κ2) is 7.57. The van der Waals surface area contributed by atoms with Crippen LogP contribution >= 0.6 is 11.6 Å². The number of hydrogen-bond donors (Lipinski definition) is 1. The molecule has 0 atom stereocenters. The molecule has 1 aliphatic heterocycles. The molecule has 1 amide bonds. The minimum atomic E-state index is -0.528. The highest BCUT2D eigenvalue weighted by molar-refractivity contribution is 6.31. The fourth-order valence-electron chi connectivity index (χ4n) is 2.67. The molecule has 0 unspecified atom stereocenters. The molecular formula is C17H18ClFN4O. The normalized spacial score (nSPS) is 15.0. The quantitative estimate of drug-likeness (QED) is 0.913. The SMILES string of the molecule is O=C(Nc1ccc(F)c(Cl)c1)c1ccnc(N2CCCCCC2)n1. The lowest BCUT2D eigenvalue weighted by Crippen LogP contribution is -2.27. The highest BCUT2D eigenvalue weighted by atomic mass is 35.5. The summed E-state index contributed by atoms with van der Waals surface area (Å²) in [6.45, 7) is 1.80. The number of aromatic nitrogens is 2. The minimum Gasteiger partial charge on any atom is -0.341 e. The lowest BCUT2D eigenvalue weighted by Gasteiger charge is -2.20. The van der Waals surface area contributed by atoms with Crippen molar-refractivity contribution in [3.63, 3.8) is 0 Å². The van der Waals surface area contributed by atoms with Crippen molar-refractivity contribution in [3.05, 3.63) is 47.0 Å². The Bertz CT molecular complexity index is 732. The molecule has 0 bridgehead atoms. The van der Waals surface area contributed by atoms with Crippen molar-refractivity contribution in [3.8, 4) is 0 Å². The molecule has 7 heteroatoms. The van der Waals surface area contributed by atoms with E-state index in [1.165, 1.54) is 31.0 Å². The largest absolute Gasteiger partial charge is 0.341 e. The van der Waals surface area contributed by atoms with Gasteiger partial charge in [-0.15, -0.1) is 0 Å². The van der Waals surface area contributed by atoms with Gasteiger partial charge in [0.1, 0.15) is 11.5 Å². The molecule has 0 spiro atoms. The molecule has 24 heavy (non-hydrogen) atoms. The summed E-state index contributed by atoms with van der Waals surface area (Å²) >= 11 is 5.73. The minimum absolute atomic E-state index is 0.0410. The van der Waals surface area contributed by atoms with Gasteiger partial charge in [-0.1, -0.05) is 24.4 Å². The lowest BCUT2D eigenvalue weighted by molar-refractivity contribution is 0.102. The third kappa shape index (κ3) is 4.00. The average Bonchev–Trinajstić information content (AvgIpc) is 2.88. The van der Waals surface area contributed by atoms with Crippen LogP contribution in [-0.2, 0) is 0 Å². The Hall–Kier alpha value is -2.21. The predicted octanol–water partition coefficient (Wildman–Crippen LogP) is 3.90. The van der Waals surface area contributed by atoms with Gasteiger partial charge in [-0.2, -0.15) is 0 Å². The van der Waals surface area contributed by atoms with Crippen molar-refractivity contribution in [1.82, 2.24) is 9.97 Å². The van der Waals surface area contributed by atoms with Crippen LogP contribution in [0.4, 0.5) is 16.0 Å². The summed E-state index contributed by atoms with van der Waals surface area (Å²) in [5, 5.41) is 2.63. The van der Waals surface area contributed by atoms with Crippen molar-refractivity contribution in [2.75, 3.05) is 23.3 Å². The maximum Gasteiger partial charge on any atom is 0.274 e. The van der Waals surface area contributed by atoms with Gasteiger partial charge in [0.2, 0.25) is 5.95 Å². The Morgan fingerprint density at radius 2 is 1.92 bits per heavy atom. The number of benzene rings is 1. The molecule has 1 aliphatic rings. The first-order valence-electron chi connectivity index (χ1n) is 7.98.